The average molecular weight is 444 g/mol. The van der Waals surface area contributed by atoms with E-state index in [-0.39, 0.29) is 5.97 Å². The second kappa shape index (κ2) is 9.29. The molecule has 7 heteroatoms. The Morgan fingerprint density at radius 2 is 2.00 bits per heavy atom. The summed E-state index contributed by atoms with van der Waals surface area (Å²) < 4.78 is 7.77. The van der Waals surface area contributed by atoms with Crippen molar-refractivity contribution in [1.29, 1.82) is 0 Å². The van der Waals surface area contributed by atoms with Crippen molar-refractivity contribution in [3.8, 4) is 0 Å². The van der Waals surface area contributed by atoms with Gasteiger partial charge in [-0.3, -0.25) is 4.98 Å². The van der Waals surface area contributed by atoms with Crippen molar-refractivity contribution >= 4 is 27.8 Å². The van der Waals surface area contributed by atoms with Crippen LogP contribution in [-0.4, -0.2) is 52.1 Å². The third kappa shape index (κ3) is 4.47. The van der Waals surface area contributed by atoms with Gasteiger partial charge in [-0.2, -0.15) is 0 Å². The van der Waals surface area contributed by atoms with Gasteiger partial charge in [-0.05, 0) is 74.1 Å². The van der Waals surface area contributed by atoms with Crippen LogP contribution in [0.2, 0.25) is 0 Å². The first kappa shape index (κ1) is 21.6. The van der Waals surface area contributed by atoms with Gasteiger partial charge in [0, 0.05) is 29.7 Å². The second-order valence-electron chi connectivity index (χ2n) is 8.89. The van der Waals surface area contributed by atoms with Crippen LogP contribution in [0.1, 0.15) is 34.6 Å². The van der Waals surface area contributed by atoms with Crippen LogP contribution >= 0.6 is 0 Å². The van der Waals surface area contributed by atoms with E-state index in [1.807, 2.05) is 47.2 Å². The summed E-state index contributed by atoms with van der Waals surface area (Å²) in [5.41, 5.74) is 9.00. The number of ether oxygens (including phenoxy) is 1. The molecule has 0 saturated carbocycles. The van der Waals surface area contributed by atoms with Crippen LogP contribution in [0.3, 0.4) is 0 Å². The highest BCUT2D eigenvalue weighted by Gasteiger charge is 2.22. The Hall–Kier alpha value is -3.29. The Balaban J connectivity index is 1.49. The first-order valence-corrected chi connectivity index (χ1v) is 11.5. The minimum atomic E-state index is -0.303. The number of carbonyl (C=O) groups excluding carboxylic acids is 1. The van der Waals surface area contributed by atoms with Crippen LogP contribution in [0.15, 0.2) is 54.9 Å². The summed E-state index contributed by atoms with van der Waals surface area (Å²) in [6, 6.07) is 13.9. The molecule has 1 aromatic carbocycles. The van der Waals surface area contributed by atoms with Crippen LogP contribution in [-0.2, 0) is 17.8 Å². The number of hydrogen-bond donors (Lipinski definition) is 1. The van der Waals surface area contributed by atoms with E-state index in [4.69, 9.17) is 15.5 Å². The first-order chi connectivity index (χ1) is 16.1. The Labute approximate surface area is 193 Å². The number of hydrogen-bond acceptors (Lipinski definition) is 6. The van der Waals surface area contributed by atoms with Gasteiger partial charge >= 0.3 is 5.97 Å². The number of nitrogens with two attached hydrogens (primary N) is 1. The second-order valence-corrected chi connectivity index (χ2v) is 8.89. The maximum absolute atomic E-state index is 13.2. The van der Waals surface area contributed by atoms with Crippen molar-refractivity contribution in [2.24, 2.45) is 11.7 Å². The summed E-state index contributed by atoms with van der Waals surface area (Å²) in [6.45, 7) is 3.39. The average Bonchev–Trinajstić information content (AvgIpc) is 3.21. The molecule has 0 spiro atoms. The molecule has 33 heavy (non-hydrogen) atoms. The van der Waals surface area contributed by atoms with Crippen molar-refractivity contribution in [2.45, 2.75) is 25.9 Å². The molecule has 0 atom stereocenters. The molecule has 1 aliphatic rings. The van der Waals surface area contributed by atoms with Crippen LogP contribution in [0.4, 0.5) is 0 Å². The number of aromatic nitrogens is 3. The molecule has 1 aliphatic heterocycles. The minimum Gasteiger partial charge on any atom is -0.461 e. The lowest BCUT2D eigenvalue weighted by Crippen LogP contribution is -2.32. The van der Waals surface area contributed by atoms with Crippen molar-refractivity contribution in [3.63, 3.8) is 0 Å². The Bertz CT molecular complexity index is 1290. The lowest BCUT2D eigenvalue weighted by molar-refractivity contribution is 0.0373. The van der Waals surface area contributed by atoms with E-state index in [0.29, 0.717) is 31.3 Å². The third-order valence-electron chi connectivity index (χ3n) is 6.61. The van der Waals surface area contributed by atoms with Crippen LogP contribution < -0.4 is 5.73 Å². The van der Waals surface area contributed by atoms with Crippen molar-refractivity contribution < 1.29 is 9.53 Å². The summed E-state index contributed by atoms with van der Waals surface area (Å²) >= 11 is 0. The molecule has 4 heterocycles. The van der Waals surface area contributed by atoms with E-state index in [9.17, 15) is 4.79 Å². The number of pyridine rings is 2. The predicted octanol–water partition coefficient (Wildman–Crippen LogP) is 3.59. The predicted molar refractivity (Wildman–Crippen MR) is 129 cm³/mol. The van der Waals surface area contributed by atoms with E-state index < -0.39 is 0 Å². The summed E-state index contributed by atoms with van der Waals surface area (Å²) in [6.07, 6.45) is 5.76. The molecular formula is C26H29N5O2. The van der Waals surface area contributed by atoms with Crippen molar-refractivity contribution in [1.82, 2.24) is 19.4 Å². The number of fused-ring (bicyclic) bond motifs is 2. The molecule has 0 unspecified atom stereocenters. The highest BCUT2D eigenvalue weighted by atomic mass is 16.5. The van der Waals surface area contributed by atoms with Gasteiger partial charge in [0.2, 0.25) is 0 Å². The number of likely N-dealkylation sites (tertiary alicyclic amines) is 1. The Morgan fingerprint density at radius 3 is 2.82 bits per heavy atom. The molecule has 0 aliphatic carbocycles. The summed E-state index contributed by atoms with van der Waals surface area (Å²) in [7, 11) is 2.13. The van der Waals surface area contributed by atoms with Crippen LogP contribution in [0.5, 0.6) is 0 Å². The largest absolute Gasteiger partial charge is 0.461 e. The zero-order valence-corrected chi connectivity index (χ0v) is 18.9. The molecular weight excluding hydrogens is 414 g/mol. The zero-order chi connectivity index (χ0) is 22.8. The highest BCUT2D eigenvalue weighted by molar-refractivity contribution is 5.95. The number of esters is 1. The molecule has 0 bridgehead atoms. The number of benzene rings is 1. The standard InChI is InChI=1S/C26H29N5O2/c1-30-11-8-18(9-12-30)17-33-26(32)24-13-19-5-6-22(14-27)29-25(19)31(24)16-21-4-2-3-20-15-28-10-7-23(20)21/h2-7,10,13,15,18H,8-9,11-12,14,16-17,27H2,1H3. The SMILES string of the molecule is CN1CCC(COC(=O)c2cc3ccc(CN)nc3n2Cc2cccc3cnccc23)CC1. The molecule has 170 valence electrons. The normalized spacial score (nSPS) is 15.3. The van der Waals surface area contributed by atoms with Crippen LogP contribution in [0.25, 0.3) is 21.8 Å². The Morgan fingerprint density at radius 1 is 1.15 bits per heavy atom. The molecule has 0 radical (unpaired) electrons. The van der Waals surface area contributed by atoms with Gasteiger partial charge in [0.15, 0.2) is 0 Å². The Kier molecular flexibility index (Phi) is 6.07. The third-order valence-corrected chi connectivity index (χ3v) is 6.61. The summed E-state index contributed by atoms with van der Waals surface area (Å²) in [4.78, 5) is 24.5. The lowest BCUT2D eigenvalue weighted by atomic mass is 9.98. The monoisotopic (exact) mass is 443 g/mol. The van der Waals surface area contributed by atoms with E-state index in [2.05, 4.69) is 23.0 Å². The maximum Gasteiger partial charge on any atom is 0.355 e. The van der Waals surface area contributed by atoms with Crippen LogP contribution in [0, 0.1) is 5.92 Å². The van der Waals surface area contributed by atoms with Gasteiger partial charge in [-0.1, -0.05) is 18.2 Å². The number of carbonyl (C=O) groups is 1. The molecule has 1 fully saturated rings. The molecule has 4 aromatic rings. The number of nitrogens with zero attached hydrogens (tertiary/aromatic N) is 4. The lowest BCUT2D eigenvalue weighted by Gasteiger charge is -2.28. The summed E-state index contributed by atoms with van der Waals surface area (Å²) in [5.74, 6) is 0.110. The number of rotatable bonds is 6. The van der Waals surface area contributed by atoms with Gasteiger partial charge < -0.3 is 19.9 Å². The molecule has 3 aromatic heterocycles. The fourth-order valence-electron chi connectivity index (χ4n) is 4.60. The van der Waals surface area contributed by atoms with E-state index >= 15 is 0 Å². The van der Waals surface area contributed by atoms with Gasteiger partial charge in [-0.25, -0.2) is 9.78 Å². The topological polar surface area (TPSA) is 86.3 Å². The molecule has 5 rings (SSSR count). The molecule has 7 nitrogen and oxygen atoms in total. The van der Waals surface area contributed by atoms with Gasteiger partial charge in [0.1, 0.15) is 11.3 Å². The van der Waals surface area contributed by atoms with Gasteiger partial charge in [0.25, 0.3) is 0 Å². The maximum atomic E-state index is 13.2. The number of piperidine rings is 1. The van der Waals surface area contributed by atoms with E-state index in [1.165, 1.54) is 0 Å². The fourth-order valence-corrected chi connectivity index (χ4v) is 4.60. The summed E-state index contributed by atoms with van der Waals surface area (Å²) in [5, 5.41) is 3.07. The quantitative estimate of drug-likeness (QED) is 0.459. The molecule has 0 amide bonds. The zero-order valence-electron chi connectivity index (χ0n) is 18.9. The van der Waals surface area contributed by atoms with Crippen molar-refractivity contribution in [2.75, 3.05) is 26.7 Å². The minimum absolute atomic E-state index is 0.303. The fraction of sp³-hybridized carbons (Fsp3) is 0.346. The molecule has 2 N–H and O–H groups in total. The van der Waals surface area contributed by atoms with E-state index in [0.717, 1.165) is 59.0 Å². The first-order valence-electron chi connectivity index (χ1n) is 11.5. The van der Waals surface area contributed by atoms with Gasteiger partial charge in [-0.15, -0.1) is 0 Å². The smallest absolute Gasteiger partial charge is 0.355 e. The highest BCUT2D eigenvalue weighted by Crippen LogP contribution is 2.25. The van der Waals surface area contributed by atoms with Gasteiger partial charge in [0.05, 0.1) is 18.8 Å². The van der Waals surface area contributed by atoms with Crippen molar-refractivity contribution in [3.05, 3.63) is 71.8 Å². The van der Waals surface area contributed by atoms with E-state index in [1.54, 1.807) is 6.20 Å². The molecule has 1 saturated heterocycles.